The molecular weight excluding hydrogens is 218 g/mol. The Labute approximate surface area is 113 Å². The zero-order chi connectivity index (χ0) is 12.8. The van der Waals surface area contributed by atoms with Gasteiger partial charge in [-0.3, -0.25) is 0 Å². The zero-order valence-electron chi connectivity index (χ0n) is 12.5. The van der Waals surface area contributed by atoms with Crippen LogP contribution in [-0.2, 0) is 0 Å². The molecule has 1 nitrogen and oxygen atoms in total. The van der Waals surface area contributed by atoms with Crippen molar-refractivity contribution in [3.63, 3.8) is 0 Å². The van der Waals surface area contributed by atoms with Crippen molar-refractivity contribution in [2.24, 2.45) is 35.0 Å². The van der Waals surface area contributed by atoms with Gasteiger partial charge < -0.3 is 5.32 Å². The van der Waals surface area contributed by atoms with Gasteiger partial charge in [-0.15, -0.1) is 0 Å². The van der Waals surface area contributed by atoms with Gasteiger partial charge in [0, 0.05) is 0 Å². The molecule has 0 radical (unpaired) electrons. The average Bonchev–Trinajstić information content (AvgIpc) is 2.93. The van der Waals surface area contributed by atoms with Crippen LogP contribution in [0.15, 0.2) is 0 Å². The molecular formula is C17H31N. The van der Waals surface area contributed by atoms with Crippen LogP contribution < -0.4 is 5.32 Å². The van der Waals surface area contributed by atoms with E-state index in [2.05, 4.69) is 26.2 Å². The lowest BCUT2D eigenvalue weighted by Crippen LogP contribution is -2.40. The summed E-state index contributed by atoms with van der Waals surface area (Å²) in [7, 11) is 2.14. The van der Waals surface area contributed by atoms with E-state index in [1.165, 1.54) is 25.8 Å². The third-order valence-electron chi connectivity index (χ3n) is 6.39. The minimum atomic E-state index is 0.608. The fourth-order valence-corrected chi connectivity index (χ4v) is 5.53. The summed E-state index contributed by atoms with van der Waals surface area (Å²) in [5, 5.41) is 3.46. The van der Waals surface area contributed by atoms with E-state index in [4.69, 9.17) is 0 Å². The van der Waals surface area contributed by atoms with E-state index in [1.54, 1.807) is 25.7 Å². The number of hydrogen-bond donors (Lipinski definition) is 1. The Kier molecular flexibility index (Phi) is 3.47. The van der Waals surface area contributed by atoms with Gasteiger partial charge in [0.05, 0.1) is 0 Å². The number of nitrogens with one attached hydrogen (secondary N) is 1. The second-order valence-electron chi connectivity index (χ2n) is 8.23. The lowest BCUT2D eigenvalue weighted by Gasteiger charge is -2.45. The van der Waals surface area contributed by atoms with E-state index in [0.717, 1.165) is 29.6 Å². The average molecular weight is 249 g/mol. The minimum Gasteiger partial charge on any atom is -0.319 e. The molecule has 18 heavy (non-hydrogen) atoms. The van der Waals surface area contributed by atoms with E-state index in [9.17, 15) is 0 Å². The molecule has 0 heterocycles. The van der Waals surface area contributed by atoms with Gasteiger partial charge in [-0.05, 0) is 87.1 Å². The van der Waals surface area contributed by atoms with E-state index >= 15 is 0 Å². The van der Waals surface area contributed by atoms with Gasteiger partial charge in [0.15, 0.2) is 0 Å². The summed E-state index contributed by atoms with van der Waals surface area (Å²) >= 11 is 0. The van der Waals surface area contributed by atoms with Crippen molar-refractivity contribution >= 4 is 0 Å². The molecule has 0 aliphatic heterocycles. The monoisotopic (exact) mass is 249 g/mol. The van der Waals surface area contributed by atoms with Gasteiger partial charge in [-0.25, -0.2) is 0 Å². The van der Waals surface area contributed by atoms with E-state index in [1.807, 2.05) is 0 Å². The molecule has 3 aliphatic carbocycles. The number of fused-ring (bicyclic) bond motifs is 2. The maximum absolute atomic E-state index is 3.46. The summed E-state index contributed by atoms with van der Waals surface area (Å²) in [6.45, 7) is 6.26. The molecule has 0 saturated heterocycles. The molecule has 0 aromatic carbocycles. The van der Waals surface area contributed by atoms with Crippen LogP contribution in [-0.4, -0.2) is 13.6 Å². The molecule has 3 saturated carbocycles. The van der Waals surface area contributed by atoms with Gasteiger partial charge in [-0.2, -0.15) is 0 Å². The molecule has 2 bridgehead atoms. The predicted molar refractivity (Wildman–Crippen MR) is 77.5 cm³/mol. The van der Waals surface area contributed by atoms with Crippen molar-refractivity contribution in [3.05, 3.63) is 0 Å². The van der Waals surface area contributed by atoms with E-state index in [0.29, 0.717) is 5.41 Å². The molecule has 1 N–H and O–H groups in total. The topological polar surface area (TPSA) is 12.0 Å². The highest BCUT2D eigenvalue weighted by Crippen LogP contribution is 2.56. The molecule has 3 rings (SSSR count). The van der Waals surface area contributed by atoms with Crippen LogP contribution in [0.2, 0.25) is 0 Å². The minimum absolute atomic E-state index is 0.608. The molecule has 5 atom stereocenters. The first-order valence-electron chi connectivity index (χ1n) is 8.23. The fraction of sp³-hybridized carbons (Fsp3) is 1.00. The molecule has 3 fully saturated rings. The van der Waals surface area contributed by atoms with Crippen molar-refractivity contribution in [3.8, 4) is 0 Å². The first kappa shape index (κ1) is 13.0. The summed E-state index contributed by atoms with van der Waals surface area (Å²) in [6, 6.07) is 0. The summed E-state index contributed by atoms with van der Waals surface area (Å²) in [4.78, 5) is 0. The first-order valence-corrected chi connectivity index (χ1v) is 8.23. The Balaban J connectivity index is 1.73. The second kappa shape index (κ2) is 4.81. The Hall–Kier alpha value is -0.0400. The Morgan fingerprint density at radius 1 is 1.06 bits per heavy atom. The third-order valence-corrected chi connectivity index (χ3v) is 6.39. The lowest BCUT2D eigenvalue weighted by molar-refractivity contribution is 0.0510. The molecule has 104 valence electrons. The summed E-state index contributed by atoms with van der Waals surface area (Å²) in [6.07, 6.45) is 10.7. The molecule has 3 aliphatic rings. The molecule has 5 unspecified atom stereocenters. The lowest BCUT2D eigenvalue weighted by atomic mass is 9.60. The SMILES string of the molecule is CNCC1CCC(C)(C)CC1C1CC2CCC1C2. The van der Waals surface area contributed by atoms with Crippen molar-refractivity contribution < 1.29 is 0 Å². The quantitative estimate of drug-likeness (QED) is 0.794. The molecule has 1 heteroatoms. The molecule has 0 aromatic rings. The van der Waals surface area contributed by atoms with Crippen LogP contribution in [0.4, 0.5) is 0 Å². The molecule has 0 amide bonds. The van der Waals surface area contributed by atoms with Crippen molar-refractivity contribution in [2.75, 3.05) is 13.6 Å². The highest BCUT2D eigenvalue weighted by molar-refractivity contribution is 4.98. The van der Waals surface area contributed by atoms with Crippen LogP contribution in [0.3, 0.4) is 0 Å². The van der Waals surface area contributed by atoms with Gasteiger partial charge in [0.1, 0.15) is 0 Å². The highest BCUT2D eigenvalue weighted by Gasteiger charge is 2.47. The smallest absolute Gasteiger partial charge is 0.00208 e. The van der Waals surface area contributed by atoms with Crippen LogP contribution in [0, 0.1) is 35.0 Å². The zero-order valence-corrected chi connectivity index (χ0v) is 12.5. The normalized spacial score (nSPS) is 46.5. The molecule has 0 aromatic heterocycles. The van der Waals surface area contributed by atoms with Gasteiger partial charge >= 0.3 is 0 Å². The second-order valence-corrected chi connectivity index (χ2v) is 8.23. The maximum atomic E-state index is 3.46. The summed E-state index contributed by atoms with van der Waals surface area (Å²) < 4.78 is 0. The highest BCUT2D eigenvalue weighted by atomic mass is 14.8. The van der Waals surface area contributed by atoms with Gasteiger partial charge in [0.2, 0.25) is 0 Å². The molecule has 0 spiro atoms. The summed E-state index contributed by atoms with van der Waals surface area (Å²) in [5.41, 5.74) is 0.608. The number of rotatable bonds is 3. The van der Waals surface area contributed by atoms with Crippen LogP contribution in [0.1, 0.15) is 58.8 Å². The van der Waals surface area contributed by atoms with E-state index in [-0.39, 0.29) is 0 Å². The van der Waals surface area contributed by atoms with Crippen LogP contribution in [0.25, 0.3) is 0 Å². The fourth-order valence-electron chi connectivity index (χ4n) is 5.53. The largest absolute Gasteiger partial charge is 0.319 e. The van der Waals surface area contributed by atoms with Gasteiger partial charge in [0.25, 0.3) is 0 Å². The Morgan fingerprint density at radius 2 is 1.89 bits per heavy atom. The summed E-state index contributed by atoms with van der Waals surface area (Å²) in [5.74, 6) is 5.29. The van der Waals surface area contributed by atoms with E-state index < -0.39 is 0 Å². The maximum Gasteiger partial charge on any atom is -0.00208 e. The van der Waals surface area contributed by atoms with Crippen LogP contribution >= 0.6 is 0 Å². The van der Waals surface area contributed by atoms with Crippen molar-refractivity contribution in [1.29, 1.82) is 0 Å². The standard InChI is InChI=1S/C17H31N/c1-17(2)7-6-14(11-18-3)16(10-17)15-9-12-4-5-13(15)8-12/h12-16,18H,4-11H2,1-3H3. The van der Waals surface area contributed by atoms with Gasteiger partial charge in [-0.1, -0.05) is 20.3 Å². The third kappa shape index (κ3) is 2.35. The van der Waals surface area contributed by atoms with Crippen molar-refractivity contribution in [1.82, 2.24) is 5.32 Å². The Bertz CT molecular complexity index is 296. The predicted octanol–water partition coefficient (Wildman–Crippen LogP) is 4.08. The first-order chi connectivity index (χ1) is 8.59. The van der Waals surface area contributed by atoms with Crippen molar-refractivity contribution in [2.45, 2.75) is 58.8 Å². The number of hydrogen-bond acceptors (Lipinski definition) is 1. The Morgan fingerprint density at radius 3 is 2.50 bits per heavy atom. The van der Waals surface area contributed by atoms with Crippen LogP contribution in [0.5, 0.6) is 0 Å².